The summed E-state index contributed by atoms with van der Waals surface area (Å²) in [6, 6.07) is 9.26. The van der Waals surface area contributed by atoms with Crippen molar-refractivity contribution < 1.29 is 4.74 Å². The number of fused-ring (bicyclic) bond motifs is 1. The van der Waals surface area contributed by atoms with Crippen LogP contribution in [0.15, 0.2) is 24.3 Å². The quantitative estimate of drug-likeness (QED) is 0.881. The fraction of sp³-hybridized carbons (Fsp3) is 0.600. The molecule has 0 spiro atoms. The molecule has 0 radical (unpaired) electrons. The number of benzene rings is 1. The maximum Gasteiger partial charge on any atom is 0.118 e. The summed E-state index contributed by atoms with van der Waals surface area (Å²) >= 11 is 0. The first-order valence-corrected chi connectivity index (χ1v) is 6.94. The van der Waals surface area contributed by atoms with Crippen LogP contribution in [0.4, 0.5) is 0 Å². The highest BCUT2D eigenvalue weighted by Crippen LogP contribution is 2.25. The molecular weight excluding hydrogens is 224 g/mol. The number of nitrogens with one attached hydrogen (secondary N) is 1. The van der Waals surface area contributed by atoms with E-state index in [2.05, 4.69) is 34.5 Å². The minimum absolute atomic E-state index is 0.789. The second kappa shape index (κ2) is 5.29. The summed E-state index contributed by atoms with van der Waals surface area (Å²) in [5, 5.41) is 3.61. The minimum atomic E-state index is 0.789. The van der Waals surface area contributed by atoms with Crippen LogP contribution in [0.1, 0.15) is 18.4 Å². The Bertz CT molecular complexity index is 390. The van der Waals surface area contributed by atoms with Crippen molar-refractivity contribution in [2.24, 2.45) is 5.92 Å². The molecule has 0 aromatic heterocycles. The number of hydrogen-bond acceptors (Lipinski definition) is 3. The third-order valence-corrected chi connectivity index (χ3v) is 4.30. The van der Waals surface area contributed by atoms with Crippen LogP contribution >= 0.6 is 0 Å². The Labute approximate surface area is 109 Å². The number of piperidine rings is 1. The van der Waals surface area contributed by atoms with Crippen molar-refractivity contribution in [3.8, 4) is 5.75 Å². The Morgan fingerprint density at radius 3 is 2.89 bits per heavy atom. The molecule has 0 saturated carbocycles. The maximum absolute atomic E-state index is 5.19. The fourth-order valence-electron chi connectivity index (χ4n) is 3.26. The van der Waals surface area contributed by atoms with E-state index >= 15 is 0 Å². The lowest BCUT2D eigenvalue weighted by Gasteiger charge is -2.34. The van der Waals surface area contributed by atoms with Crippen LogP contribution < -0.4 is 10.1 Å². The lowest BCUT2D eigenvalue weighted by molar-refractivity contribution is 0.156. The molecule has 1 N–H and O–H groups in total. The molecule has 0 aliphatic carbocycles. The summed E-state index contributed by atoms with van der Waals surface area (Å²) < 4.78 is 5.19. The SMILES string of the molecule is COc1ccc(CN2CCC3NCCC3C2)cc1. The molecule has 2 saturated heterocycles. The topological polar surface area (TPSA) is 24.5 Å². The van der Waals surface area contributed by atoms with E-state index in [0.717, 1.165) is 24.3 Å². The number of ether oxygens (including phenoxy) is 1. The zero-order valence-corrected chi connectivity index (χ0v) is 11.1. The first-order chi connectivity index (χ1) is 8.85. The van der Waals surface area contributed by atoms with Crippen LogP contribution in [0, 0.1) is 5.92 Å². The number of methoxy groups -OCH3 is 1. The van der Waals surface area contributed by atoms with Crippen molar-refractivity contribution in [1.29, 1.82) is 0 Å². The van der Waals surface area contributed by atoms with Gasteiger partial charge in [-0.3, -0.25) is 4.90 Å². The summed E-state index contributed by atoms with van der Waals surface area (Å²) in [5.74, 6) is 1.81. The van der Waals surface area contributed by atoms with Gasteiger partial charge in [0.15, 0.2) is 0 Å². The molecule has 1 aromatic rings. The van der Waals surface area contributed by atoms with Gasteiger partial charge in [-0.05, 0) is 49.5 Å². The maximum atomic E-state index is 5.19. The number of rotatable bonds is 3. The van der Waals surface area contributed by atoms with E-state index in [1.165, 1.54) is 38.0 Å². The van der Waals surface area contributed by atoms with E-state index in [9.17, 15) is 0 Å². The van der Waals surface area contributed by atoms with Gasteiger partial charge in [-0.25, -0.2) is 0 Å². The zero-order valence-electron chi connectivity index (χ0n) is 11.1. The number of nitrogens with zero attached hydrogens (tertiary/aromatic N) is 1. The standard InChI is InChI=1S/C15H22N2O/c1-18-14-4-2-12(3-5-14)10-17-9-7-15-13(11-17)6-8-16-15/h2-5,13,15-16H,6-11H2,1H3. The van der Waals surface area contributed by atoms with E-state index < -0.39 is 0 Å². The molecule has 2 aliphatic rings. The molecule has 3 heteroatoms. The largest absolute Gasteiger partial charge is 0.497 e. The molecule has 98 valence electrons. The normalized spacial score (nSPS) is 28.1. The smallest absolute Gasteiger partial charge is 0.118 e. The van der Waals surface area contributed by atoms with Gasteiger partial charge >= 0.3 is 0 Å². The van der Waals surface area contributed by atoms with Crippen molar-refractivity contribution in [2.75, 3.05) is 26.7 Å². The van der Waals surface area contributed by atoms with Crippen LogP contribution in [-0.2, 0) is 6.54 Å². The van der Waals surface area contributed by atoms with Crippen LogP contribution in [-0.4, -0.2) is 37.7 Å². The predicted molar refractivity (Wildman–Crippen MR) is 72.8 cm³/mol. The minimum Gasteiger partial charge on any atom is -0.497 e. The van der Waals surface area contributed by atoms with Crippen LogP contribution in [0.5, 0.6) is 5.75 Å². The molecule has 2 fully saturated rings. The highest BCUT2D eigenvalue weighted by molar-refractivity contribution is 5.27. The Hall–Kier alpha value is -1.06. The van der Waals surface area contributed by atoms with Crippen molar-refractivity contribution in [1.82, 2.24) is 10.2 Å². The molecule has 0 bridgehead atoms. The zero-order chi connectivity index (χ0) is 12.4. The Morgan fingerprint density at radius 2 is 2.11 bits per heavy atom. The molecule has 2 atom stereocenters. The number of likely N-dealkylation sites (tertiary alicyclic amines) is 1. The van der Waals surface area contributed by atoms with Gasteiger partial charge in [0.05, 0.1) is 7.11 Å². The average Bonchev–Trinajstić information content (AvgIpc) is 2.87. The molecule has 0 amide bonds. The van der Waals surface area contributed by atoms with E-state index in [1.807, 2.05) is 0 Å². The van der Waals surface area contributed by atoms with Gasteiger partial charge in [0, 0.05) is 19.1 Å². The van der Waals surface area contributed by atoms with Gasteiger partial charge in [-0.1, -0.05) is 12.1 Å². The van der Waals surface area contributed by atoms with Gasteiger partial charge in [-0.2, -0.15) is 0 Å². The molecule has 18 heavy (non-hydrogen) atoms. The van der Waals surface area contributed by atoms with Gasteiger partial charge in [0.2, 0.25) is 0 Å². The lowest BCUT2D eigenvalue weighted by atomic mass is 9.93. The van der Waals surface area contributed by atoms with Gasteiger partial charge in [-0.15, -0.1) is 0 Å². The molecule has 3 rings (SSSR count). The van der Waals surface area contributed by atoms with Crippen LogP contribution in [0.3, 0.4) is 0 Å². The highest BCUT2D eigenvalue weighted by Gasteiger charge is 2.32. The summed E-state index contributed by atoms with van der Waals surface area (Å²) in [7, 11) is 1.72. The monoisotopic (exact) mass is 246 g/mol. The molecule has 2 aliphatic heterocycles. The van der Waals surface area contributed by atoms with Crippen molar-refractivity contribution in [2.45, 2.75) is 25.4 Å². The highest BCUT2D eigenvalue weighted by atomic mass is 16.5. The lowest BCUT2D eigenvalue weighted by Crippen LogP contribution is -2.43. The predicted octanol–water partition coefficient (Wildman–Crippen LogP) is 1.88. The van der Waals surface area contributed by atoms with Crippen LogP contribution in [0.2, 0.25) is 0 Å². The van der Waals surface area contributed by atoms with E-state index in [0.29, 0.717) is 0 Å². The first kappa shape index (κ1) is 12.0. The third-order valence-electron chi connectivity index (χ3n) is 4.30. The fourth-order valence-corrected chi connectivity index (χ4v) is 3.26. The second-order valence-corrected chi connectivity index (χ2v) is 5.48. The summed E-state index contributed by atoms with van der Waals surface area (Å²) in [5.41, 5.74) is 1.39. The Balaban J connectivity index is 1.58. The van der Waals surface area contributed by atoms with Crippen molar-refractivity contribution in [3.05, 3.63) is 29.8 Å². The second-order valence-electron chi connectivity index (χ2n) is 5.48. The van der Waals surface area contributed by atoms with Crippen LogP contribution in [0.25, 0.3) is 0 Å². The van der Waals surface area contributed by atoms with Gasteiger partial charge in [0.1, 0.15) is 5.75 Å². The summed E-state index contributed by atoms with van der Waals surface area (Å²) in [4.78, 5) is 2.59. The Kier molecular flexibility index (Phi) is 3.52. The summed E-state index contributed by atoms with van der Waals surface area (Å²) in [6.07, 6.45) is 2.66. The van der Waals surface area contributed by atoms with Gasteiger partial charge in [0.25, 0.3) is 0 Å². The van der Waals surface area contributed by atoms with Crippen molar-refractivity contribution in [3.63, 3.8) is 0 Å². The van der Waals surface area contributed by atoms with E-state index in [-0.39, 0.29) is 0 Å². The number of hydrogen-bond donors (Lipinski definition) is 1. The van der Waals surface area contributed by atoms with E-state index in [4.69, 9.17) is 4.74 Å². The molecular formula is C15H22N2O. The molecule has 2 unspecified atom stereocenters. The molecule has 1 aromatic carbocycles. The molecule has 2 heterocycles. The van der Waals surface area contributed by atoms with E-state index in [1.54, 1.807) is 7.11 Å². The van der Waals surface area contributed by atoms with Crippen molar-refractivity contribution >= 4 is 0 Å². The third kappa shape index (κ3) is 2.52. The Morgan fingerprint density at radius 1 is 1.28 bits per heavy atom. The van der Waals surface area contributed by atoms with Gasteiger partial charge < -0.3 is 10.1 Å². The summed E-state index contributed by atoms with van der Waals surface area (Å²) in [6.45, 7) is 4.77. The first-order valence-electron chi connectivity index (χ1n) is 6.94. The average molecular weight is 246 g/mol. The molecule has 3 nitrogen and oxygen atoms in total.